The number of H-pyrrole nitrogens is 2. The molecule has 0 aliphatic rings. The second kappa shape index (κ2) is 3.73. The van der Waals surface area contributed by atoms with Crippen LogP contribution in [0, 0.1) is 0 Å². The smallest absolute Gasteiger partial charge is 0.307 e. The van der Waals surface area contributed by atoms with Crippen molar-refractivity contribution in [3.63, 3.8) is 0 Å². The standard InChI is InChI=1S/C11H12N2O2/c1-2-3-7-4-5-9-8(6-7)10(14)13-11(15)12-9/h4-6H,2-3H2,1H3,(H2,12,13,14,15). The summed E-state index contributed by atoms with van der Waals surface area (Å²) < 4.78 is 0. The first kappa shape index (κ1) is 9.71. The van der Waals surface area contributed by atoms with E-state index in [9.17, 15) is 9.59 Å². The summed E-state index contributed by atoms with van der Waals surface area (Å²) in [5.41, 5.74) is 0.911. The molecule has 0 aliphatic carbocycles. The Bertz CT molecular complexity index is 595. The number of rotatable bonds is 2. The molecular formula is C11H12N2O2. The highest BCUT2D eigenvalue weighted by molar-refractivity contribution is 5.77. The molecule has 4 nitrogen and oxygen atoms in total. The quantitative estimate of drug-likeness (QED) is 0.771. The average molecular weight is 204 g/mol. The molecule has 0 unspecified atom stereocenters. The minimum absolute atomic E-state index is 0.327. The number of aryl methyl sites for hydroxylation is 1. The van der Waals surface area contributed by atoms with E-state index in [2.05, 4.69) is 16.9 Å². The largest absolute Gasteiger partial charge is 0.326 e. The maximum atomic E-state index is 11.5. The highest BCUT2D eigenvalue weighted by Crippen LogP contribution is 2.10. The molecule has 0 bridgehead atoms. The van der Waals surface area contributed by atoms with Gasteiger partial charge in [0.15, 0.2) is 0 Å². The molecule has 0 saturated carbocycles. The molecule has 1 aromatic heterocycles. The molecule has 1 heterocycles. The van der Waals surface area contributed by atoms with Gasteiger partial charge in [0.05, 0.1) is 10.9 Å². The number of aromatic nitrogens is 2. The van der Waals surface area contributed by atoms with Crippen molar-refractivity contribution in [3.05, 3.63) is 44.6 Å². The van der Waals surface area contributed by atoms with E-state index in [-0.39, 0.29) is 5.56 Å². The first-order chi connectivity index (χ1) is 7.20. The summed E-state index contributed by atoms with van der Waals surface area (Å²) in [6.07, 6.45) is 1.97. The molecule has 2 rings (SSSR count). The van der Waals surface area contributed by atoms with Gasteiger partial charge in [0.25, 0.3) is 5.56 Å². The summed E-state index contributed by atoms with van der Waals surface area (Å²) in [6, 6.07) is 5.53. The molecule has 78 valence electrons. The Balaban J connectivity index is 2.71. The Labute approximate surface area is 86.0 Å². The fraction of sp³-hybridized carbons (Fsp3) is 0.273. The molecule has 1 aromatic carbocycles. The van der Waals surface area contributed by atoms with Crippen molar-refractivity contribution < 1.29 is 0 Å². The lowest BCUT2D eigenvalue weighted by atomic mass is 10.1. The van der Waals surface area contributed by atoms with Crippen molar-refractivity contribution >= 4 is 10.9 Å². The van der Waals surface area contributed by atoms with Gasteiger partial charge in [0, 0.05) is 0 Å². The number of aromatic amines is 2. The van der Waals surface area contributed by atoms with Crippen LogP contribution in [0.15, 0.2) is 27.8 Å². The number of fused-ring (bicyclic) bond motifs is 1. The lowest BCUT2D eigenvalue weighted by molar-refractivity contribution is 0.922. The topological polar surface area (TPSA) is 65.7 Å². The molecule has 2 N–H and O–H groups in total. The summed E-state index contributed by atoms with van der Waals surface area (Å²) in [5.74, 6) is 0. The second-order valence-corrected chi connectivity index (χ2v) is 3.54. The van der Waals surface area contributed by atoms with Crippen LogP contribution in [0.1, 0.15) is 18.9 Å². The van der Waals surface area contributed by atoms with Crippen LogP contribution >= 0.6 is 0 Å². The van der Waals surface area contributed by atoms with E-state index in [1.165, 1.54) is 0 Å². The summed E-state index contributed by atoms with van der Waals surface area (Å²) in [5, 5.41) is 0.542. The third-order valence-corrected chi connectivity index (χ3v) is 2.34. The van der Waals surface area contributed by atoms with Gasteiger partial charge in [-0.3, -0.25) is 9.78 Å². The third kappa shape index (κ3) is 1.83. The van der Waals surface area contributed by atoms with Gasteiger partial charge in [0.1, 0.15) is 0 Å². The Hall–Kier alpha value is -1.84. The van der Waals surface area contributed by atoms with Crippen LogP contribution in [0.4, 0.5) is 0 Å². The zero-order valence-electron chi connectivity index (χ0n) is 8.46. The summed E-state index contributed by atoms with van der Waals surface area (Å²) in [7, 11) is 0. The van der Waals surface area contributed by atoms with Gasteiger partial charge in [-0.25, -0.2) is 4.79 Å². The van der Waals surface area contributed by atoms with E-state index in [1.807, 2.05) is 12.1 Å². The molecule has 0 aliphatic heterocycles. The predicted octanol–water partition coefficient (Wildman–Crippen LogP) is 1.17. The van der Waals surface area contributed by atoms with Crippen LogP contribution in [0.5, 0.6) is 0 Å². The fourth-order valence-corrected chi connectivity index (χ4v) is 1.66. The first-order valence-electron chi connectivity index (χ1n) is 4.96. The Morgan fingerprint density at radius 3 is 2.73 bits per heavy atom. The normalized spacial score (nSPS) is 10.7. The molecule has 2 aromatic rings. The summed E-state index contributed by atoms with van der Waals surface area (Å²) in [4.78, 5) is 27.3. The molecule has 0 spiro atoms. The Morgan fingerprint density at radius 2 is 2.00 bits per heavy atom. The fourth-order valence-electron chi connectivity index (χ4n) is 1.66. The summed E-state index contributed by atoms with van der Waals surface area (Å²) >= 11 is 0. The first-order valence-corrected chi connectivity index (χ1v) is 4.96. The molecule has 15 heavy (non-hydrogen) atoms. The van der Waals surface area contributed by atoms with E-state index >= 15 is 0 Å². The van der Waals surface area contributed by atoms with Crippen molar-refractivity contribution in [2.24, 2.45) is 0 Å². The third-order valence-electron chi connectivity index (χ3n) is 2.34. The molecule has 0 atom stereocenters. The van der Waals surface area contributed by atoms with E-state index in [4.69, 9.17) is 0 Å². The van der Waals surface area contributed by atoms with Crippen LogP contribution < -0.4 is 11.2 Å². The number of nitrogens with one attached hydrogen (secondary N) is 2. The van der Waals surface area contributed by atoms with Crippen molar-refractivity contribution in [1.82, 2.24) is 9.97 Å². The number of hydrogen-bond acceptors (Lipinski definition) is 2. The van der Waals surface area contributed by atoms with Crippen molar-refractivity contribution in [2.45, 2.75) is 19.8 Å². The Morgan fingerprint density at radius 1 is 1.20 bits per heavy atom. The highest BCUT2D eigenvalue weighted by Gasteiger charge is 2.01. The number of benzene rings is 1. The van der Waals surface area contributed by atoms with Gasteiger partial charge in [-0.15, -0.1) is 0 Å². The van der Waals surface area contributed by atoms with Gasteiger partial charge in [-0.1, -0.05) is 19.4 Å². The second-order valence-electron chi connectivity index (χ2n) is 3.54. The van der Waals surface area contributed by atoms with E-state index in [1.54, 1.807) is 6.07 Å². The lowest BCUT2D eigenvalue weighted by Crippen LogP contribution is -2.21. The van der Waals surface area contributed by atoms with E-state index < -0.39 is 5.69 Å². The molecule has 4 heteroatoms. The van der Waals surface area contributed by atoms with Crippen molar-refractivity contribution in [1.29, 1.82) is 0 Å². The average Bonchev–Trinajstić information content (AvgIpc) is 2.19. The van der Waals surface area contributed by atoms with E-state index in [0.29, 0.717) is 10.9 Å². The number of hydrogen-bond donors (Lipinski definition) is 2. The van der Waals surface area contributed by atoms with Crippen LogP contribution in [-0.2, 0) is 6.42 Å². The van der Waals surface area contributed by atoms with E-state index in [0.717, 1.165) is 18.4 Å². The van der Waals surface area contributed by atoms with Crippen molar-refractivity contribution in [3.8, 4) is 0 Å². The van der Waals surface area contributed by atoms with Gasteiger partial charge in [-0.2, -0.15) is 0 Å². The van der Waals surface area contributed by atoms with Crippen LogP contribution in [-0.4, -0.2) is 9.97 Å². The van der Waals surface area contributed by atoms with Gasteiger partial charge in [-0.05, 0) is 24.1 Å². The van der Waals surface area contributed by atoms with Crippen molar-refractivity contribution in [2.75, 3.05) is 0 Å². The maximum absolute atomic E-state index is 11.5. The zero-order valence-corrected chi connectivity index (χ0v) is 8.46. The van der Waals surface area contributed by atoms with Gasteiger partial charge in [0.2, 0.25) is 0 Å². The molecule has 0 amide bonds. The minimum Gasteiger partial charge on any atom is -0.307 e. The van der Waals surface area contributed by atoms with Crippen LogP contribution in [0.3, 0.4) is 0 Å². The highest BCUT2D eigenvalue weighted by atomic mass is 16.2. The van der Waals surface area contributed by atoms with Crippen LogP contribution in [0.25, 0.3) is 10.9 Å². The molecule has 0 fully saturated rings. The molecule has 0 radical (unpaired) electrons. The van der Waals surface area contributed by atoms with Gasteiger partial charge >= 0.3 is 5.69 Å². The Kier molecular flexibility index (Phi) is 2.41. The minimum atomic E-state index is -0.462. The molecule has 0 saturated heterocycles. The zero-order chi connectivity index (χ0) is 10.8. The molecular weight excluding hydrogens is 192 g/mol. The predicted molar refractivity (Wildman–Crippen MR) is 59.2 cm³/mol. The van der Waals surface area contributed by atoms with Crippen LogP contribution in [0.2, 0.25) is 0 Å². The SMILES string of the molecule is CCCc1ccc2[nH]c(=O)[nH]c(=O)c2c1. The lowest BCUT2D eigenvalue weighted by Gasteiger charge is -2.00. The maximum Gasteiger partial charge on any atom is 0.326 e. The monoisotopic (exact) mass is 204 g/mol. The van der Waals surface area contributed by atoms with Gasteiger partial charge < -0.3 is 4.98 Å². The summed E-state index contributed by atoms with van der Waals surface area (Å²) in [6.45, 7) is 2.08.